The highest BCUT2D eigenvalue weighted by atomic mass is 32.2. The van der Waals surface area contributed by atoms with Crippen LogP contribution in [-0.2, 0) is 19.6 Å². The van der Waals surface area contributed by atoms with Crippen molar-refractivity contribution in [2.45, 2.75) is 88.7 Å². The van der Waals surface area contributed by atoms with E-state index in [1.54, 1.807) is 24.3 Å². The molecule has 248 valence electrons. The van der Waals surface area contributed by atoms with E-state index >= 15 is 0 Å². The van der Waals surface area contributed by atoms with Crippen LogP contribution >= 0.6 is 0 Å². The zero-order chi connectivity index (χ0) is 32.7. The molecule has 3 aromatic rings. The van der Waals surface area contributed by atoms with Gasteiger partial charge in [0.1, 0.15) is 17.4 Å². The third-order valence-corrected chi connectivity index (χ3v) is 10.5. The van der Waals surface area contributed by atoms with Gasteiger partial charge >= 0.3 is 0 Å². The molecule has 1 aromatic carbocycles. The van der Waals surface area contributed by atoms with E-state index in [0.29, 0.717) is 30.8 Å². The fraction of sp³-hybridized carbons (Fsp3) is 0.529. The highest BCUT2D eigenvalue weighted by molar-refractivity contribution is 7.89. The van der Waals surface area contributed by atoms with Crippen molar-refractivity contribution in [3.8, 4) is 5.75 Å². The van der Waals surface area contributed by atoms with Gasteiger partial charge in [0.05, 0.1) is 19.2 Å². The summed E-state index contributed by atoms with van der Waals surface area (Å²) in [6.45, 7) is 4.26. The maximum Gasteiger partial charge on any atom is 0.287 e. The second kappa shape index (κ2) is 15.2. The number of aromatic nitrogens is 1. The van der Waals surface area contributed by atoms with Crippen molar-refractivity contribution in [1.82, 2.24) is 19.9 Å². The molecule has 2 amide bonds. The number of Topliss-reactive ketones (excluding diaryl/α,β-unsaturated/α-hetero) is 1. The topological polar surface area (TPSA) is 148 Å². The molecule has 2 aliphatic rings. The monoisotopic (exact) mass is 652 g/mol. The van der Waals surface area contributed by atoms with Gasteiger partial charge in [-0.25, -0.2) is 13.4 Å². The summed E-state index contributed by atoms with van der Waals surface area (Å²) < 4.78 is 39.0. The van der Waals surface area contributed by atoms with Crippen LogP contribution in [-0.4, -0.2) is 67.1 Å². The fourth-order valence-electron chi connectivity index (χ4n) is 6.23. The number of fused-ring (bicyclic) bond motifs is 1. The summed E-state index contributed by atoms with van der Waals surface area (Å²) >= 11 is 0. The van der Waals surface area contributed by atoms with Gasteiger partial charge < -0.3 is 19.8 Å². The molecule has 3 heterocycles. The van der Waals surface area contributed by atoms with E-state index < -0.39 is 39.7 Å². The van der Waals surface area contributed by atoms with E-state index in [2.05, 4.69) is 15.6 Å². The number of pyridine rings is 1. The molecule has 0 spiro atoms. The predicted octanol–water partition coefficient (Wildman–Crippen LogP) is 4.86. The van der Waals surface area contributed by atoms with Crippen molar-refractivity contribution < 1.29 is 32.0 Å². The molecule has 1 aliphatic carbocycles. The number of nitrogens with zero attached hydrogens (tertiary/aromatic N) is 2. The van der Waals surface area contributed by atoms with Gasteiger partial charge in [-0.15, -0.1) is 0 Å². The molecule has 0 radical (unpaired) electrons. The third-order valence-electron chi connectivity index (χ3n) is 8.74. The Morgan fingerprint density at radius 3 is 2.61 bits per heavy atom. The van der Waals surface area contributed by atoms with Crippen LogP contribution in [0.4, 0.5) is 0 Å². The lowest BCUT2D eigenvalue weighted by molar-refractivity contribution is -0.129. The van der Waals surface area contributed by atoms with Crippen molar-refractivity contribution in [3.05, 3.63) is 54.4 Å². The molecule has 2 N–H and O–H groups in total. The van der Waals surface area contributed by atoms with E-state index in [-0.39, 0.29) is 36.2 Å². The number of carbonyl (C=O) groups excluding carboxylic acids is 3. The molecule has 1 unspecified atom stereocenters. The Balaban J connectivity index is 1.20. The van der Waals surface area contributed by atoms with E-state index in [1.807, 2.05) is 26.0 Å². The zero-order valence-corrected chi connectivity index (χ0v) is 27.4. The summed E-state index contributed by atoms with van der Waals surface area (Å²) in [7, 11) is -3.96. The molecule has 0 bridgehead atoms. The normalized spacial score (nSPS) is 19.1. The number of rotatable bonds is 12. The van der Waals surface area contributed by atoms with E-state index in [1.165, 1.54) is 44.4 Å². The molecule has 2 atom stereocenters. The average molecular weight is 653 g/mol. The standard InChI is InChI=1S/C34H44N4O7S/c1-23(2)19-28(33(40)36-27-11-8-17-38(22-29(27)39)46(42,43)32-12-6-7-16-35-32)37-34(41)31-21-25-20-26(13-14-30(25)45-31)44-18-15-24-9-4-3-5-10-24/h6-7,12-14,16,20-21,23-24,27-28H,3-5,8-11,15,17-19,22H2,1-2H3,(H,36,40)(H,37,41)/t27?,28-/m0/s1. The number of hydrogen-bond acceptors (Lipinski definition) is 8. The first kappa shape index (κ1) is 33.6. The summed E-state index contributed by atoms with van der Waals surface area (Å²) in [5, 5.41) is 6.15. The van der Waals surface area contributed by atoms with Gasteiger partial charge in [-0.2, -0.15) is 4.31 Å². The van der Waals surface area contributed by atoms with Gasteiger partial charge in [-0.05, 0) is 73.9 Å². The number of carbonyl (C=O) groups is 3. The smallest absolute Gasteiger partial charge is 0.287 e. The quantitative estimate of drug-likeness (QED) is 0.282. The number of ketones is 1. The fourth-order valence-corrected chi connectivity index (χ4v) is 7.61. The SMILES string of the molecule is CC(C)C[C@H](NC(=O)c1cc2cc(OCCC3CCCCC3)ccc2o1)C(=O)NC1CCCN(S(=O)(=O)c2ccccn2)CC1=O. The van der Waals surface area contributed by atoms with E-state index in [0.717, 1.165) is 22.0 Å². The van der Waals surface area contributed by atoms with Gasteiger partial charge in [-0.1, -0.05) is 52.0 Å². The maximum absolute atomic E-state index is 13.4. The maximum atomic E-state index is 13.4. The lowest BCUT2D eigenvalue weighted by Gasteiger charge is -2.23. The molecule has 1 saturated carbocycles. The molecule has 2 fully saturated rings. The first-order chi connectivity index (χ1) is 22.1. The van der Waals surface area contributed by atoms with E-state index in [9.17, 15) is 22.8 Å². The molecular formula is C34H44N4O7S. The van der Waals surface area contributed by atoms with Crippen molar-refractivity contribution in [2.75, 3.05) is 19.7 Å². The van der Waals surface area contributed by atoms with Gasteiger partial charge in [0.15, 0.2) is 16.6 Å². The van der Waals surface area contributed by atoms with Crippen molar-refractivity contribution >= 4 is 38.6 Å². The Morgan fingerprint density at radius 1 is 1.07 bits per heavy atom. The summed E-state index contributed by atoms with van der Waals surface area (Å²) in [5.41, 5.74) is 0.531. The number of benzene rings is 1. The summed E-state index contributed by atoms with van der Waals surface area (Å²) in [6.07, 6.45) is 9.86. The average Bonchev–Trinajstić information content (AvgIpc) is 3.38. The van der Waals surface area contributed by atoms with Crippen LogP contribution < -0.4 is 15.4 Å². The van der Waals surface area contributed by atoms with Crippen LogP contribution in [0.15, 0.2) is 58.1 Å². The Kier molecular flexibility index (Phi) is 11.1. The predicted molar refractivity (Wildman–Crippen MR) is 173 cm³/mol. The first-order valence-corrected chi connectivity index (χ1v) is 17.8. The summed E-state index contributed by atoms with van der Waals surface area (Å²) in [5.74, 6) is 0.0894. The Labute approximate surface area is 270 Å². The van der Waals surface area contributed by atoms with Gasteiger partial charge in [0.25, 0.3) is 15.9 Å². The number of furan rings is 1. The second-order valence-electron chi connectivity index (χ2n) is 12.8. The number of ether oxygens (including phenoxy) is 1. The van der Waals surface area contributed by atoms with Crippen LogP contribution in [0.25, 0.3) is 11.0 Å². The number of hydrogen-bond donors (Lipinski definition) is 2. The van der Waals surface area contributed by atoms with Gasteiger partial charge in [0.2, 0.25) is 5.91 Å². The molecule has 1 saturated heterocycles. The van der Waals surface area contributed by atoms with Crippen LogP contribution in [0.5, 0.6) is 5.75 Å². The lowest BCUT2D eigenvalue weighted by atomic mass is 9.87. The Hall–Kier alpha value is -3.77. The first-order valence-electron chi connectivity index (χ1n) is 16.3. The molecule has 46 heavy (non-hydrogen) atoms. The second-order valence-corrected chi connectivity index (χ2v) is 14.7. The number of sulfonamides is 1. The van der Waals surface area contributed by atoms with Crippen LogP contribution in [0, 0.1) is 11.8 Å². The zero-order valence-electron chi connectivity index (χ0n) is 26.6. The van der Waals surface area contributed by atoms with E-state index in [4.69, 9.17) is 9.15 Å². The molecular weight excluding hydrogens is 608 g/mol. The largest absolute Gasteiger partial charge is 0.494 e. The minimum atomic E-state index is -3.96. The molecule has 2 aromatic heterocycles. The van der Waals surface area contributed by atoms with Crippen molar-refractivity contribution in [2.24, 2.45) is 11.8 Å². The Morgan fingerprint density at radius 2 is 1.87 bits per heavy atom. The highest BCUT2D eigenvalue weighted by Gasteiger charge is 2.35. The lowest BCUT2D eigenvalue weighted by Crippen LogP contribution is -2.52. The Bertz CT molecular complexity index is 1620. The third kappa shape index (κ3) is 8.52. The van der Waals surface area contributed by atoms with Crippen LogP contribution in [0.2, 0.25) is 0 Å². The van der Waals surface area contributed by atoms with Gasteiger partial charge in [-0.3, -0.25) is 14.4 Å². The van der Waals surface area contributed by atoms with Crippen molar-refractivity contribution in [1.29, 1.82) is 0 Å². The number of amides is 2. The van der Waals surface area contributed by atoms with Crippen LogP contribution in [0.1, 0.15) is 82.2 Å². The molecule has 5 rings (SSSR count). The summed E-state index contributed by atoms with van der Waals surface area (Å²) in [6, 6.07) is 9.85. The van der Waals surface area contributed by atoms with Gasteiger partial charge in [0, 0.05) is 18.1 Å². The molecule has 11 nitrogen and oxygen atoms in total. The molecule has 1 aliphatic heterocycles. The summed E-state index contributed by atoms with van der Waals surface area (Å²) in [4.78, 5) is 43.8. The molecule has 12 heteroatoms. The number of nitrogens with one attached hydrogen (secondary N) is 2. The minimum absolute atomic E-state index is 0.0592. The van der Waals surface area contributed by atoms with Crippen LogP contribution in [0.3, 0.4) is 0 Å². The van der Waals surface area contributed by atoms with Crippen molar-refractivity contribution in [3.63, 3.8) is 0 Å². The minimum Gasteiger partial charge on any atom is -0.494 e. The highest BCUT2D eigenvalue weighted by Crippen LogP contribution is 2.28.